The van der Waals surface area contributed by atoms with Crippen molar-refractivity contribution in [3.05, 3.63) is 65.4 Å². The molecule has 0 bridgehead atoms. The topological polar surface area (TPSA) is 77.0 Å². The predicted octanol–water partition coefficient (Wildman–Crippen LogP) is 3.58. The Morgan fingerprint density at radius 1 is 1.09 bits per heavy atom. The highest BCUT2D eigenvalue weighted by Crippen LogP contribution is 2.28. The molecule has 0 radical (unpaired) electrons. The third-order valence-electron chi connectivity index (χ3n) is 5.88. The smallest absolute Gasteiger partial charge is 0.257 e. The van der Waals surface area contributed by atoms with Gasteiger partial charge in [0.15, 0.2) is 0 Å². The van der Waals surface area contributed by atoms with E-state index < -0.39 is 0 Å². The first kappa shape index (κ1) is 23.5. The Labute approximate surface area is 200 Å². The van der Waals surface area contributed by atoms with Crippen molar-refractivity contribution < 1.29 is 19.0 Å². The van der Waals surface area contributed by atoms with Crippen LogP contribution in [0.25, 0.3) is 11.3 Å². The first-order valence-corrected chi connectivity index (χ1v) is 11.2. The molecule has 3 aromatic rings. The lowest BCUT2D eigenvalue weighted by atomic mass is 10.0. The average Bonchev–Trinajstić information content (AvgIpc) is 2.88. The summed E-state index contributed by atoms with van der Waals surface area (Å²) in [6.07, 6.45) is 1.64. The van der Waals surface area contributed by atoms with E-state index in [-0.39, 0.29) is 5.91 Å². The van der Waals surface area contributed by atoms with Crippen molar-refractivity contribution in [2.75, 3.05) is 52.5 Å². The van der Waals surface area contributed by atoms with Gasteiger partial charge in [0.2, 0.25) is 5.95 Å². The average molecular weight is 463 g/mol. The molecule has 1 amide bonds. The molecule has 0 atom stereocenters. The fraction of sp³-hybridized carbons (Fsp3) is 0.346. The Hall–Kier alpha value is -3.65. The summed E-state index contributed by atoms with van der Waals surface area (Å²) in [5.74, 6) is 1.80. The maximum Gasteiger partial charge on any atom is 0.257 e. The number of anilines is 1. The Morgan fingerprint density at radius 2 is 1.76 bits per heavy atom. The molecular weight excluding hydrogens is 432 g/mol. The van der Waals surface area contributed by atoms with Gasteiger partial charge in [0, 0.05) is 44.5 Å². The van der Waals surface area contributed by atoms with E-state index in [1.807, 2.05) is 43.3 Å². The summed E-state index contributed by atoms with van der Waals surface area (Å²) in [6.45, 7) is 5.11. The van der Waals surface area contributed by atoms with Gasteiger partial charge < -0.3 is 24.0 Å². The highest BCUT2D eigenvalue weighted by molar-refractivity contribution is 6.00. The van der Waals surface area contributed by atoms with Crippen LogP contribution in [-0.2, 0) is 11.3 Å². The highest BCUT2D eigenvalue weighted by Gasteiger charge is 2.23. The van der Waals surface area contributed by atoms with E-state index >= 15 is 0 Å². The second-order valence-electron chi connectivity index (χ2n) is 8.23. The number of hydrogen-bond acceptors (Lipinski definition) is 7. The largest absolute Gasteiger partial charge is 0.497 e. The summed E-state index contributed by atoms with van der Waals surface area (Å²) in [7, 11) is 4.98. The Kier molecular flexibility index (Phi) is 7.27. The number of aryl methyl sites for hydroxylation is 1. The number of amides is 1. The number of morpholine rings is 1. The SMILES string of the molecule is COc1cc(CN(C)C(=O)c2cnc(N3CCOCC3)nc2-c2ccccc2C)cc(OC)c1. The zero-order chi connectivity index (χ0) is 24.1. The highest BCUT2D eigenvalue weighted by atomic mass is 16.5. The molecule has 1 fully saturated rings. The van der Waals surface area contributed by atoms with E-state index in [4.69, 9.17) is 19.2 Å². The number of methoxy groups -OCH3 is 2. The second kappa shape index (κ2) is 10.5. The van der Waals surface area contributed by atoms with Crippen LogP contribution in [0.3, 0.4) is 0 Å². The lowest BCUT2D eigenvalue weighted by molar-refractivity contribution is 0.0784. The number of nitrogens with zero attached hydrogens (tertiary/aromatic N) is 4. The number of aromatic nitrogens is 2. The van der Waals surface area contributed by atoms with Gasteiger partial charge in [0.25, 0.3) is 5.91 Å². The number of ether oxygens (including phenoxy) is 3. The molecule has 1 aromatic heterocycles. The Balaban J connectivity index is 1.68. The van der Waals surface area contributed by atoms with Crippen molar-refractivity contribution in [3.63, 3.8) is 0 Å². The van der Waals surface area contributed by atoms with Crippen LogP contribution in [0.4, 0.5) is 5.95 Å². The van der Waals surface area contributed by atoms with Crippen LogP contribution in [0.1, 0.15) is 21.5 Å². The van der Waals surface area contributed by atoms with Crippen LogP contribution in [0.15, 0.2) is 48.7 Å². The Morgan fingerprint density at radius 3 is 2.41 bits per heavy atom. The minimum Gasteiger partial charge on any atom is -0.497 e. The van der Waals surface area contributed by atoms with Crippen LogP contribution in [-0.4, -0.2) is 68.3 Å². The molecular formula is C26H30N4O4. The molecule has 2 aromatic carbocycles. The number of benzene rings is 2. The van der Waals surface area contributed by atoms with Gasteiger partial charge in [-0.05, 0) is 30.2 Å². The maximum atomic E-state index is 13.6. The third kappa shape index (κ3) is 5.12. The molecule has 0 N–H and O–H groups in total. The van der Waals surface area contributed by atoms with Gasteiger partial charge in [0.1, 0.15) is 11.5 Å². The quantitative estimate of drug-likeness (QED) is 0.531. The normalized spacial score (nSPS) is 13.5. The van der Waals surface area contributed by atoms with Gasteiger partial charge in [-0.2, -0.15) is 0 Å². The molecule has 4 rings (SSSR count). The van der Waals surface area contributed by atoms with Gasteiger partial charge in [-0.3, -0.25) is 4.79 Å². The van der Waals surface area contributed by atoms with E-state index in [1.165, 1.54) is 0 Å². The van der Waals surface area contributed by atoms with E-state index in [2.05, 4.69) is 9.88 Å². The maximum absolute atomic E-state index is 13.6. The lowest BCUT2D eigenvalue weighted by Gasteiger charge is -2.27. The number of hydrogen-bond donors (Lipinski definition) is 0. The molecule has 0 aliphatic carbocycles. The standard InChI is InChI=1S/C26H30N4O4/c1-18-7-5-6-8-22(18)24-23(16-27-26(28-24)30-9-11-34-12-10-30)25(31)29(2)17-19-13-20(32-3)15-21(14-19)33-4/h5-8,13-16H,9-12,17H2,1-4H3. The molecule has 0 spiro atoms. The van der Waals surface area contributed by atoms with Gasteiger partial charge >= 0.3 is 0 Å². The molecule has 178 valence electrons. The third-order valence-corrected chi connectivity index (χ3v) is 5.88. The van der Waals surface area contributed by atoms with E-state index in [0.717, 1.165) is 29.8 Å². The van der Waals surface area contributed by atoms with Crippen LogP contribution in [0.5, 0.6) is 11.5 Å². The summed E-state index contributed by atoms with van der Waals surface area (Å²) >= 11 is 0. The summed E-state index contributed by atoms with van der Waals surface area (Å²) in [5.41, 5.74) is 3.95. The van der Waals surface area contributed by atoms with Gasteiger partial charge in [-0.25, -0.2) is 9.97 Å². The summed E-state index contributed by atoms with van der Waals surface area (Å²) in [4.78, 5) is 26.8. The van der Waals surface area contributed by atoms with E-state index in [9.17, 15) is 4.79 Å². The molecule has 1 aliphatic heterocycles. The first-order valence-electron chi connectivity index (χ1n) is 11.2. The number of rotatable bonds is 7. The van der Waals surface area contributed by atoms with Crippen molar-refractivity contribution in [1.82, 2.24) is 14.9 Å². The first-order chi connectivity index (χ1) is 16.5. The minimum atomic E-state index is -0.159. The van der Waals surface area contributed by atoms with E-state index in [1.54, 1.807) is 38.4 Å². The van der Waals surface area contributed by atoms with Crippen molar-refractivity contribution in [1.29, 1.82) is 0 Å². The molecule has 0 saturated carbocycles. The van der Waals surface area contributed by atoms with Gasteiger partial charge in [-0.15, -0.1) is 0 Å². The summed E-state index contributed by atoms with van der Waals surface area (Å²) in [6, 6.07) is 13.5. The fourth-order valence-electron chi connectivity index (χ4n) is 4.00. The number of carbonyl (C=O) groups is 1. The minimum absolute atomic E-state index is 0.159. The lowest BCUT2D eigenvalue weighted by Crippen LogP contribution is -2.37. The Bertz CT molecular complexity index is 1140. The van der Waals surface area contributed by atoms with Crippen molar-refractivity contribution >= 4 is 11.9 Å². The molecule has 0 unspecified atom stereocenters. The zero-order valence-electron chi connectivity index (χ0n) is 20.1. The van der Waals surface area contributed by atoms with Crippen LogP contribution in [0.2, 0.25) is 0 Å². The van der Waals surface area contributed by atoms with Crippen molar-refractivity contribution in [2.24, 2.45) is 0 Å². The monoisotopic (exact) mass is 462 g/mol. The molecule has 1 saturated heterocycles. The molecule has 34 heavy (non-hydrogen) atoms. The molecule has 8 heteroatoms. The van der Waals surface area contributed by atoms with E-state index in [0.29, 0.717) is 48.5 Å². The van der Waals surface area contributed by atoms with Crippen molar-refractivity contribution in [3.8, 4) is 22.8 Å². The zero-order valence-corrected chi connectivity index (χ0v) is 20.1. The molecule has 8 nitrogen and oxygen atoms in total. The molecule has 2 heterocycles. The van der Waals surface area contributed by atoms with Gasteiger partial charge in [-0.1, -0.05) is 24.3 Å². The summed E-state index contributed by atoms with van der Waals surface area (Å²) < 4.78 is 16.2. The van der Waals surface area contributed by atoms with Gasteiger partial charge in [0.05, 0.1) is 38.7 Å². The van der Waals surface area contributed by atoms with Crippen LogP contribution >= 0.6 is 0 Å². The summed E-state index contributed by atoms with van der Waals surface area (Å²) in [5, 5.41) is 0. The van der Waals surface area contributed by atoms with Crippen LogP contribution in [0, 0.1) is 6.92 Å². The van der Waals surface area contributed by atoms with Crippen molar-refractivity contribution in [2.45, 2.75) is 13.5 Å². The fourth-order valence-corrected chi connectivity index (χ4v) is 4.00. The second-order valence-corrected chi connectivity index (χ2v) is 8.23. The number of carbonyl (C=O) groups excluding carboxylic acids is 1. The predicted molar refractivity (Wildman–Crippen MR) is 131 cm³/mol. The van der Waals surface area contributed by atoms with Crippen LogP contribution < -0.4 is 14.4 Å². The molecule has 1 aliphatic rings.